The van der Waals surface area contributed by atoms with Crippen LogP contribution in [-0.4, -0.2) is 29.2 Å². The van der Waals surface area contributed by atoms with E-state index in [1.54, 1.807) is 12.1 Å². The smallest absolute Gasteiger partial charge is 0.335 e. The Morgan fingerprint density at radius 2 is 1.81 bits per heavy atom. The van der Waals surface area contributed by atoms with Crippen LogP contribution in [0.3, 0.4) is 0 Å². The molecular formula is C19H17N3O5. The van der Waals surface area contributed by atoms with Gasteiger partial charge in [-0.2, -0.15) is 0 Å². The van der Waals surface area contributed by atoms with E-state index in [1.165, 1.54) is 12.1 Å². The summed E-state index contributed by atoms with van der Waals surface area (Å²) in [4.78, 5) is 38.5. The fraction of sp³-hybridized carbons (Fsp3) is 0.211. The highest BCUT2D eigenvalue weighted by atomic mass is 16.7. The van der Waals surface area contributed by atoms with E-state index in [9.17, 15) is 14.4 Å². The number of urea groups is 1. The summed E-state index contributed by atoms with van der Waals surface area (Å²) in [7, 11) is 1.90. The normalized spacial score (nSPS) is 17.7. The van der Waals surface area contributed by atoms with Crippen molar-refractivity contribution in [2.24, 2.45) is 7.05 Å². The molecule has 0 spiro atoms. The van der Waals surface area contributed by atoms with E-state index >= 15 is 0 Å². The molecule has 3 heterocycles. The molecule has 2 aliphatic heterocycles. The van der Waals surface area contributed by atoms with Crippen molar-refractivity contribution < 1.29 is 23.9 Å². The molecule has 2 aliphatic rings. The lowest BCUT2D eigenvalue weighted by Gasteiger charge is -2.26. The van der Waals surface area contributed by atoms with Crippen LogP contribution in [0.25, 0.3) is 6.08 Å². The van der Waals surface area contributed by atoms with Crippen LogP contribution in [0, 0.1) is 13.8 Å². The minimum atomic E-state index is -0.804. The maximum Gasteiger partial charge on any atom is 0.335 e. The Morgan fingerprint density at radius 1 is 1.07 bits per heavy atom. The number of carbonyl (C=O) groups is 3. The third-order valence-corrected chi connectivity index (χ3v) is 4.83. The highest BCUT2D eigenvalue weighted by molar-refractivity contribution is 6.39. The fourth-order valence-corrected chi connectivity index (χ4v) is 3.10. The van der Waals surface area contributed by atoms with E-state index in [-0.39, 0.29) is 12.4 Å². The van der Waals surface area contributed by atoms with E-state index in [0.29, 0.717) is 17.2 Å². The first-order chi connectivity index (χ1) is 12.9. The first kappa shape index (κ1) is 16.9. The quantitative estimate of drug-likeness (QED) is 0.648. The minimum Gasteiger partial charge on any atom is -0.454 e. The largest absolute Gasteiger partial charge is 0.454 e. The predicted octanol–water partition coefficient (Wildman–Crippen LogP) is 2.04. The van der Waals surface area contributed by atoms with E-state index in [0.717, 1.165) is 21.9 Å². The lowest BCUT2D eigenvalue weighted by molar-refractivity contribution is -0.122. The van der Waals surface area contributed by atoms with Gasteiger partial charge in [0.05, 0.1) is 5.69 Å². The van der Waals surface area contributed by atoms with Crippen LogP contribution in [0.4, 0.5) is 10.5 Å². The van der Waals surface area contributed by atoms with Crippen molar-refractivity contribution in [2.45, 2.75) is 13.8 Å². The van der Waals surface area contributed by atoms with Gasteiger partial charge >= 0.3 is 6.03 Å². The number of aryl methyl sites for hydroxylation is 1. The molecule has 4 amide bonds. The number of benzene rings is 1. The van der Waals surface area contributed by atoms with E-state index < -0.39 is 17.8 Å². The summed E-state index contributed by atoms with van der Waals surface area (Å²) in [6, 6.07) is 5.79. The summed E-state index contributed by atoms with van der Waals surface area (Å²) >= 11 is 0. The fourth-order valence-electron chi connectivity index (χ4n) is 3.10. The van der Waals surface area contributed by atoms with Crippen LogP contribution in [0.1, 0.15) is 17.0 Å². The van der Waals surface area contributed by atoms with Crippen LogP contribution in [-0.2, 0) is 16.6 Å². The Bertz CT molecular complexity index is 1030. The lowest BCUT2D eigenvalue weighted by atomic mass is 10.1. The predicted molar refractivity (Wildman–Crippen MR) is 96.5 cm³/mol. The number of imide groups is 2. The second kappa shape index (κ2) is 6.01. The molecule has 0 radical (unpaired) electrons. The van der Waals surface area contributed by atoms with Gasteiger partial charge in [0, 0.05) is 24.5 Å². The molecule has 1 N–H and O–H groups in total. The van der Waals surface area contributed by atoms with Crippen LogP contribution < -0.4 is 19.7 Å². The average Bonchev–Trinajstić information content (AvgIpc) is 3.18. The number of rotatable bonds is 2. The monoisotopic (exact) mass is 367 g/mol. The van der Waals surface area contributed by atoms with Crippen molar-refractivity contribution >= 4 is 29.6 Å². The number of carbonyl (C=O) groups excluding carboxylic acids is 3. The number of fused-ring (bicyclic) bond motifs is 1. The molecule has 0 saturated carbocycles. The first-order valence-electron chi connectivity index (χ1n) is 8.31. The van der Waals surface area contributed by atoms with Gasteiger partial charge in [0.15, 0.2) is 11.5 Å². The molecule has 1 aromatic heterocycles. The second-order valence-electron chi connectivity index (χ2n) is 6.38. The van der Waals surface area contributed by atoms with Crippen LogP contribution >= 0.6 is 0 Å². The summed E-state index contributed by atoms with van der Waals surface area (Å²) in [6.45, 7) is 3.90. The van der Waals surface area contributed by atoms with Gasteiger partial charge in [-0.1, -0.05) is 0 Å². The van der Waals surface area contributed by atoms with Crippen LogP contribution in [0.2, 0.25) is 0 Å². The average molecular weight is 367 g/mol. The Labute approximate surface area is 155 Å². The molecule has 138 valence electrons. The Hall–Kier alpha value is -3.55. The van der Waals surface area contributed by atoms with Crippen molar-refractivity contribution in [3.63, 3.8) is 0 Å². The summed E-state index contributed by atoms with van der Waals surface area (Å²) in [6.07, 6.45) is 1.51. The van der Waals surface area contributed by atoms with Crippen molar-refractivity contribution in [2.75, 3.05) is 11.7 Å². The number of anilines is 1. The third-order valence-electron chi connectivity index (χ3n) is 4.83. The molecule has 2 aromatic rings. The number of hydrogen-bond donors (Lipinski definition) is 1. The zero-order valence-electron chi connectivity index (χ0n) is 15.0. The van der Waals surface area contributed by atoms with Crippen LogP contribution in [0.15, 0.2) is 29.8 Å². The van der Waals surface area contributed by atoms with Crippen molar-refractivity contribution in [3.8, 4) is 11.5 Å². The second-order valence-corrected chi connectivity index (χ2v) is 6.38. The van der Waals surface area contributed by atoms with Gasteiger partial charge in [0.2, 0.25) is 6.79 Å². The molecule has 0 unspecified atom stereocenters. The molecule has 1 aromatic carbocycles. The van der Waals surface area contributed by atoms with E-state index in [2.05, 4.69) is 5.32 Å². The Morgan fingerprint density at radius 3 is 2.52 bits per heavy atom. The third kappa shape index (κ3) is 2.66. The number of nitrogens with zero attached hydrogens (tertiary/aromatic N) is 2. The number of nitrogens with one attached hydrogen (secondary N) is 1. The highest BCUT2D eigenvalue weighted by Crippen LogP contribution is 2.36. The number of ether oxygens (including phenoxy) is 2. The highest BCUT2D eigenvalue weighted by Gasteiger charge is 2.37. The topological polar surface area (TPSA) is 89.9 Å². The van der Waals surface area contributed by atoms with E-state index in [1.807, 2.05) is 31.5 Å². The Kier molecular flexibility index (Phi) is 3.76. The molecular weight excluding hydrogens is 350 g/mol. The molecule has 27 heavy (non-hydrogen) atoms. The molecule has 1 saturated heterocycles. The van der Waals surface area contributed by atoms with Gasteiger partial charge in [-0.3, -0.25) is 14.9 Å². The van der Waals surface area contributed by atoms with Gasteiger partial charge in [-0.15, -0.1) is 0 Å². The first-order valence-corrected chi connectivity index (χ1v) is 8.31. The van der Waals surface area contributed by atoms with Gasteiger partial charge < -0.3 is 14.0 Å². The van der Waals surface area contributed by atoms with Gasteiger partial charge in [0.25, 0.3) is 11.8 Å². The van der Waals surface area contributed by atoms with Crippen molar-refractivity contribution in [3.05, 3.63) is 46.8 Å². The van der Waals surface area contributed by atoms with Crippen LogP contribution in [0.5, 0.6) is 11.5 Å². The van der Waals surface area contributed by atoms with Crippen molar-refractivity contribution in [1.29, 1.82) is 0 Å². The minimum absolute atomic E-state index is 0.0786. The molecule has 1 fully saturated rings. The molecule has 8 heteroatoms. The zero-order valence-corrected chi connectivity index (χ0v) is 15.0. The molecule has 8 nitrogen and oxygen atoms in total. The van der Waals surface area contributed by atoms with Crippen molar-refractivity contribution in [1.82, 2.24) is 9.88 Å². The number of amides is 4. The SMILES string of the molecule is Cc1cc(/C=C2/C(=O)NC(=O)N(c3ccc4c(c3)OCO4)C2=O)c(C)n1C. The molecule has 0 atom stereocenters. The number of hydrogen-bond acceptors (Lipinski definition) is 5. The number of aromatic nitrogens is 1. The summed E-state index contributed by atoms with van der Waals surface area (Å²) in [5.41, 5.74) is 2.83. The van der Waals surface area contributed by atoms with E-state index in [4.69, 9.17) is 9.47 Å². The summed E-state index contributed by atoms with van der Waals surface area (Å²) in [5, 5.41) is 2.22. The molecule has 0 aliphatic carbocycles. The maximum absolute atomic E-state index is 13.0. The lowest BCUT2D eigenvalue weighted by Crippen LogP contribution is -2.54. The molecule has 0 bridgehead atoms. The zero-order chi connectivity index (χ0) is 19.3. The number of barbiturate groups is 1. The Balaban J connectivity index is 1.75. The summed E-state index contributed by atoms with van der Waals surface area (Å²) in [5.74, 6) is -0.442. The summed E-state index contributed by atoms with van der Waals surface area (Å²) < 4.78 is 12.5. The van der Waals surface area contributed by atoms with Gasteiger partial charge in [0.1, 0.15) is 5.57 Å². The van der Waals surface area contributed by atoms with Gasteiger partial charge in [-0.05, 0) is 43.7 Å². The van der Waals surface area contributed by atoms with Gasteiger partial charge in [-0.25, -0.2) is 9.69 Å². The standard InChI is InChI=1S/C19H17N3O5/c1-10-6-12(11(2)21(10)3)7-14-17(23)20-19(25)22(18(14)24)13-4-5-15-16(8-13)27-9-26-15/h4-8H,9H2,1-3H3,(H,20,23,25)/b14-7-. The maximum atomic E-state index is 13.0. The molecule has 4 rings (SSSR count).